The van der Waals surface area contributed by atoms with Crippen LogP contribution in [0.5, 0.6) is 0 Å². The summed E-state index contributed by atoms with van der Waals surface area (Å²) in [5, 5.41) is 9.35. The number of carbonyl (C=O) groups is 2. The van der Waals surface area contributed by atoms with Crippen molar-refractivity contribution < 1.29 is 14.0 Å². The molecule has 1 atom stereocenters. The summed E-state index contributed by atoms with van der Waals surface area (Å²) in [5.74, 6) is 0.675. The molecule has 8 nitrogen and oxygen atoms in total. The molecule has 178 valence electrons. The second-order valence-electron chi connectivity index (χ2n) is 8.29. The van der Waals surface area contributed by atoms with E-state index in [1.807, 2.05) is 50.2 Å². The summed E-state index contributed by atoms with van der Waals surface area (Å²) in [5.41, 5.74) is 1.56. The highest BCUT2D eigenvalue weighted by molar-refractivity contribution is 6.33. The molecular formula is C25H28ClN5O3. The van der Waals surface area contributed by atoms with E-state index in [1.54, 1.807) is 21.9 Å². The molecule has 0 saturated carbocycles. The minimum absolute atomic E-state index is 0.0286. The first-order chi connectivity index (χ1) is 16.5. The van der Waals surface area contributed by atoms with E-state index in [0.717, 1.165) is 23.5 Å². The van der Waals surface area contributed by atoms with Gasteiger partial charge in [0.25, 0.3) is 5.91 Å². The fourth-order valence-corrected chi connectivity index (χ4v) is 4.16. The van der Waals surface area contributed by atoms with Crippen LogP contribution in [0.2, 0.25) is 5.02 Å². The van der Waals surface area contributed by atoms with Crippen LogP contribution in [0.1, 0.15) is 30.8 Å². The third-order valence-electron chi connectivity index (χ3n) is 6.18. The maximum atomic E-state index is 13.0. The van der Waals surface area contributed by atoms with Gasteiger partial charge >= 0.3 is 0 Å². The largest absolute Gasteiger partial charge is 0.459 e. The molecule has 3 aromatic rings. The summed E-state index contributed by atoms with van der Waals surface area (Å²) in [4.78, 5) is 31.4. The standard InChI is InChI=1S/C25H28ClN5O3/c1-3-18(2)31(25(33)22-9-6-16-34-22)17-24(32)30-14-12-29(13-15-30)23-11-10-21(27-28-23)19-7-4-5-8-20(19)26/h4-11,16,18H,3,12-15,17H2,1-2H3. The molecule has 1 unspecified atom stereocenters. The zero-order valence-corrected chi connectivity index (χ0v) is 20.1. The fraction of sp³-hybridized carbons (Fsp3) is 0.360. The SMILES string of the molecule is CCC(C)N(CC(=O)N1CCN(c2ccc(-c3ccccc3Cl)nn2)CC1)C(=O)c1ccco1. The average Bonchev–Trinajstić information content (AvgIpc) is 3.42. The number of hydrogen-bond donors (Lipinski definition) is 0. The number of halogens is 1. The van der Waals surface area contributed by atoms with Crippen molar-refractivity contribution in [3.8, 4) is 11.3 Å². The molecule has 0 radical (unpaired) electrons. The van der Waals surface area contributed by atoms with E-state index < -0.39 is 0 Å². The molecule has 1 aromatic carbocycles. The summed E-state index contributed by atoms with van der Waals surface area (Å²) in [7, 11) is 0. The van der Waals surface area contributed by atoms with Crippen LogP contribution in [0.3, 0.4) is 0 Å². The van der Waals surface area contributed by atoms with Crippen LogP contribution >= 0.6 is 11.6 Å². The molecular weight excluding hydrogens is 454 g/mol. The smallest absolute Gasteiger partial charge is 0.290 e. The fourth-order valence-electron chi connectivity index (χ4n) is 3.93. The predicted molar refractivity (Wildman–Crippen MR) is 131 cm³/mol. The summed E-state index contributed by atoms with van der Waals surface area (Å²) >= 11 is 6.26. The van der Waals surface area contributed by atoms with E-state index in [2.05, 4.69) is 15.1 Å². The Balaban J connectivity index is 1.36. The van der Waals surface area contributed by atoms with E-state index in [0.29, 0.717) is 31.2 Å². The quantitative estimate of drug-likeness (QED) is 0.507. The average molecular weight is 482 g/mol. The molecule has 3 heterocycles. The molecule has 0 bridgehead atoms. The zero-order chi connectivity index (χ0) is 24.1. The lowest BCUT2D eigenvalue weighted by molar-refractivity contribution is -0.132. The van der Waals surface area contributed by atoms with E-state index in [4.69, 9.17) is 16.0 Å². The summed E-state index contributed by atoms with van der Waals surface area (Å²) in [6, 6.07) is 14.6. The molecule has 34 heavy (non-hydrogen) atoms. The first-order valence-corrected chi connectivity index (χ1v) is 11.8. The number of furan rings is 1. The number of benzene rings is 1. The number of hydrogen-bond acceptors (Lipinski definition) is 6. The number of aromatic nitrogens is 2. The van der Waals surface area contributed by atoms with Gasteiger partial charge in [0.15, 0.2) is 11.6 Å². The second-order valence-corrected chi connectivity index (χ2v) is 8.70. The highest BCUT2D eigenvalue weighted by atomic mass is 35.5. The van der Waals surface area contributed by atoms with Crippen LogP contribution in [-0.2, 0) is 4.79 Å². The summed E-state index contributed by atoms with van der Waals surface area (Å²) in [6.45, 7) is 6.35. The molecule has 2 aromatic heterocycles. The molecule has 4 rings (SSSR count). The number of amides is 2. The van der Waals surface area contributed by atoms with Gasteiger partial charge in [0, 0.05) is 37.8 Å². The van der Waals surface area contributed by atoms with Gasteiger partial charge in [-0.2, -0.15) is 0 Å². The molecule has 0 aliphatic carbocycles. The Morgan fingerprint density at radius 3 is 2.44 bits per heavy atom. The highest BCUT2D eigenvalue weighted by Gasteiger charge is 2.29. The van der Waals surface area contributed by atoms with Crippen molar-refractivity contribution in [2.75, 3.05) is 37.6 Å². The van der Waals surface area contributed by atoms with Crippen molar-refractivity contribution in [1.29, 1.82) is 0 Å². The van der Waals surface area contributed by atoms with E-state index in [9.17, 15) is 9.59 Å². The van der Waals surface area contributed by atoms with Gasteiger partial charge in [0.1, 0.15) is 6.54 Å². The Labute approximate surface area is 204 Å². The number of anilines is 1. The van der Waals surface area contributed by atoms with Gasteiger partial charge in [0.05, 0.1) is 17.0 Å². The van der Waals surface area contributed by atoms with E-state index >= 15 is 0 Å². The Morgan fingerprint density at radius 2 is 1.82 bits per heavy atom. The molecule has 2 amide bonds. The topological polar surface area (TPSA) is 82.8 Å². The molecule has 1 fully saturated rings. The van der Waals surface area contributed by atoms with Crippen molar-refractivity contribution >= 4 is 29.2 Å². The normalized spacial score (nSPS) is 14.7. The second kappa shape index (κ2) is 10.7. The van der Waals surface area contributed by atoms with Crippen LogP contribution in [0, 0.1) is 0 Å². The van der Waals surface area contributed by atoms with Crippen molar-refractivity contribution in [3.63, 3.8) is 0 Å². The van der Waals surface area contributed by atoms with Crippen molar-refractivity contribution in [1.82, 2.24) is 20.0 Å². The third kappa shape index (κ3) is 5.22. The molecule has 9 heteroatoms. The maximum absolute atomic E-state index is 13.0. The Kier molecular flexibility index (Phi) is 7.47. The monoisotopic (exact) mass is 481 g/mol. The minimum Gasteiger partial charge on any atom is -0.459 e. The van der Waals surface area contributed by atoms with Crippen molar-refractivity contribution in [2.45, 2.75) is 26.3 Å². The zero-order valence-electron chi connectivity index (χ0n) is 19.4. The van der Waals surface area contributed by atoms with Crippen LogP contribution < -0.4 is 4.90 Å². The van der Waals surface area contributed by atoms with Crippen LogP contribution in [0.25, 0.3) is 11.3 Å². The number of piperazine rings is 1. The molecule has 1 aliphatic rings. The lowest BCUT2D eigenvalue weighted by Crippen LogP contribution is -2.53. The van der Waals surface area contributed by atoms with E-state index in [-0.39, 0.29) is 30.2 Å². The molecule has 0 spiro atoms. The van der Waals surface area contributed by atoms with Gasteiger partial charge in [-0.05, 0) is 43.7 Å². The summed E-state index contributed by atoms with van der Waals surface area (Å²) < 4.78 is 5.26. The van der Waals surface area contributed by atoms with Crippen LogP contribution in [-0.4, -0.2) is 70.6 Å². The lowest BCUT2D eigenvalue weighted by Gasteiger charge is -2.37. The number of carbonyl (C=O) groups excluding carboxylic acids is 2. The molecule has 1 saturated heterocycles. The van der Waals surface area contributed by atoms with Gasteiger partial charge in [-0.3, -0.25) is 9.59 Å². The Morgan fingerprint density at radius 1 is 1.06 bits per heavy atom. The van der Waals surface area contributed by atoms with Crippen molar-refractivity contribution in [2.24, 2.45) is 0 Å². The number of nitrogens with zero attached hydrogens (tertiary/aromatic N) is 5. The molecule has 0 N–H and O–H groups in total. The van der Waals surface area contributed by atoms with Crippen LogP contribution in [0.15, 0.2) is 59.2 Å². The Hall–Kier alpha value is -3.39. The van der Waals surface area contributed by atoms with Gasteiger partial charge < -0.3 is 19.1 Å². The van der Waals surface area contributed by atoms with Gasteiger partial charge in [-0.1, -0.05) is 36.7 Å². The minimum atomic E-state index is -0.264. The maximum Gasteiger partial charge on any atom is 0.290 e. The van der Waals surface area contributed by atoms with Gasteiger partial charge in [-0.25, -0.2) is 0 Å². The van der Waals surface area contributed by atoms with Crippen molar-refractivity contribution in [3.05, 3.63) is 65.6 Å². The third-order valence-corrected chi connectivity index (χ3v) is 6.51. The first kappa shape index (κ1) is 23.8. The van der Waals surface area contributed by atoms with Gasteiger partial charge in [0.2, 0.25) is 5.91 Å². The molecule has 1 aliphatic heterocycles. The number of rotatable bonds is 7. The highest BCUT2D eigenvalue weighted by Crippen LogP contribution is 2.26. The summed E-state index contributed by atoms with van der Waals surface area (Å²) in [6.07, 6.45) is 2.21. The van der Waals surface area contributed by atoms with Gasteiger partial charge in [-0.15, -0.1) is 10.2 Å². The van der Waals surface area contributed by atoms with E-state index in [1.165, 1.54) is 6.26 Å². The first-order valence-electron chi connectivity index (χ1n) is 11.4. The lowest BCUT2D eigenvalue weighted by atomic mass is 10.1. The Bertz CT molecular complexity index is 1110. The van der Waals surface area contributed by atoms with Crippen LogP contribution in [0.4, 0.5) is 5.82 Å². The predicted octanol–water partition coefficient (Wildman–Crippen LogP) is 3.98.